The number of carbonyl (C=O) groups excluding carboxylic acids is 2. The molecular weight excluding hydrogens is 396 g/mol. The Morgan fingerprint density at radius 3 is 2.41 bits per heavy atom. The number of hydrogen-bond acceptors (Lipinski definition) is 6. The molecule has 0 aromatic heterocycles. The minimum atomic E-state index is -4.15. The van der Waals surface area contributed by atoms with E-state index in [2.05, 4.69) is 5.32 Å². The number of methoxy groups -OCH3 is 2. The summed E-state index contributed by atoms with van der Waals surface area (Å²) in [5.41, 5.74) is 1.21. The summed E-state index contributed by atoms with van der Waals surface area (Å²) in [6.45, 7) is 1.83. The summed E-state index contributed by atoms with van der Waals surface area (Å²) in [5.74, 6) is -0.342. The fraction of sp³-hybridized carbons (Fsp3) is 0.300. The van der Waals surface area contributed by atoms with E-state index in [-0.39, 0.29) is 17.7 Å². The first kappa shape index (κ1) is 20.7. The van der Waals surface area contributed by atoms with Crippen LogP contribution in [-0.4, -0.2) is 44.8 Å². The first-order valence-corrected chi connectivity index (χ1v) is 10.4. The average molecular weight is 418 g/mol. The highest BCUT2D eigenvalue weighted by Gasteiger charge is 2.44. The Morgan fingerprint density at radius 2 is 1.79 bits per heavy atom. The van der Waals surface area contributed by atoms with Crippen LogP contribution in [0.5, 0.6) is 11.5 Å². The number of carbonyl (C=O) groups is 2. The topological polar surface area (TPSA) is 102 Å². The molecule has 0 radical (unpaired) electrons. The van der Waals surface area contributed by atoms with Crippen molar-refractivity contribution in [3.8, 4) is 11.5 Å². The maximum Gasteiger partial charge on any atom is 0.267 e. The van der Waals surface area contributed by atoms with Crippen molar-refractivity contribution in [2.75, 3.05) is 19.5 Å². The molecule has 1 aliphatic heterocycles. The Morgan fingerprint density at radius 1 is 1.10 bits per heavy atom. The summed E-state index contributed by atoms with van der Waals surface area (Å²) in [6, 6.07) is 9.84. The van der Waals surface area contributed by atoms with E-state index in [0.29, 0.717) is 21.5 Å². The first-order valence-electron chi connectivity index (χ1n) is 8.94. The predicted molar refractivity (Wildman–Crippen MR) is 106 cm³/mol. The van der Waals surface area contributed by atoms with Gasteiger partial charge >= 0.3 is 0 Å². The lowest BCUT2D eigenvalue weighted by Gasteiger charge is -2.24. The summed E-state index contributed by atoms with van der Waals surface area (Å²) in [5, 5.41) is 2.66. The third-order valence-corrected chi connectivity index (χ3v) is 6.55. The van der Waals surface area contributed by atoms with Gasteiger partial charge in [0.1, 0.15) is 17.5 Å². The second-order valence-corrected chi connectivity index (χ2v) is 8.43. The van der Waals surface area contributed by atoms with Crippen LogP contribution in [0.3, 0.4) is 0 Å². The predicted octanol–water partition coefficient (Wildman–Crippen LogP) is 2.33. The Labute approximate surface area is 169 Å². The molecule has 0 aliphatic carbocycles. The van der Waals surface area contributed by atoms with Crippen molar-refractivity contribution in [2.45, 2.75) is 30.7 Å². The van der Waals surface area contributed by atoms with Crippen molar-refractivity contribution >= 4 is 27.5 Å². The fourth-order valence-electron chi connectivity index (χ4n) is 3.15. The minimum absolute atomic E-state index is 0.0293. The van der Waals surface area contributed by atoms with Crippen LogP contribution in [0.4, 0.5) is 5.69 Å². The highest BCUT2D eigenvalue weighted by atomic mass is 32.2. The maximum absolute atomic E-state index is 13.0. The molecule has 0 spiro atoms. The molecule has 3 rings (SSSR count). The molecule has 0 bridgehead atoms. The van der Waals surface area contributed by atoms with E-state index in [4.69, 9.17) is 9.47 Å². The van der Waals surface area contributed by atoms with E-state index in [9.17, 15) is 18.0 Å². The summed E-state index contributed by atoms with van der Waals surface area (Å²) in [7, 11) is -1.22. The standard InChI is InChI=1S/C20H22N2O6S/c1-13-4-7-15(8-5-13)29(25,26)22-17(9-11-19(22)23)20(24)21-16-12-14(27-2)6-10-18(16)28-3/h4-8,10,12,17H,9,11H2,1-3H3,(H,21,24). The van der Waals surface area contributed by atoms with E-state index in [1.165, 1.54) is 26.4 Å². The van der Waals surface area contributed by atoms with Gasteiger partial charge < -0.3 is 14.8 Å². The van der Waals surface area contributed by atoms with Crippen molar-refractivity contribution in [1.82, 2.24) is 4.31 Å². The van der Waals surface area contributed by atoms with Crippen LogP contribution in [0.25, 0.3) is 0 Å². The number of rotatable bonds is 6. The van der Waals surface area contributed by atoms with E-state index in [0.717, 1.165) is 5.56 Å². The van der Waals surface area contributed by atoms with Crippen LogP contribution >= 0.6 is 0 Å². The molecule has 1 atom stereocenters. The summed E-state index contributed by atoms with van der Waals surface area (Å²) in [4.78, 5) is 25.2. The fourth-order valence-corrected chi connectivity index (χ4v) is 4.75. The van der Waals surface area contributed by atoms with Gasteiger partial charge in [0.05, 0.1) is 24.8 Å². The number of sulfonamides is 1. The lowest BCUT2D eigenvalue weighted by atomic mass is 10.2. The molecule has 1 saturated heterocycles. The Kier molecular flexibility index (Phi) is 5.78. The molecular formula is C20H22N2O6S. The zero-order valence-electron chi connectivity index (χ0n) is 16.3. The average Bonchev–Trinajstić information content (AvgIpc) is 3.10. The summed E-state index contributed by atoms with van der Waals surface area (Å²) in [6.07, 6.45) is 0.0699. The van der Waals surface area contributed by atoms with Gasteiger partial charge in [0, 0.05) is 12.5 Å². The SMILES string of the molecule is COc1ccc(OC)c(NC(=O)C2CCC(=O)N2S(=O)(=O)c2ccc(C)cc2)c1. The molecule has 8 nitrogen and oxygen atoms in total. The molecule has 1 heterocycles. The van der Waals surface area contributed by atoms with Gasteiger partial charge in [-0.05, 0) is 37.6 Å². The van der Waals surface area contributed by atoms with Crippen LogP contribution < -0.4 is 14.8 Å². The molecule has 29 heavy (non-hydrogen) atoms. The number of amides is 2. The highest BCUT2D eigenvalue weighted by Crippen LogP contribution is 2.32. The number of nitrogens with zero attached hydrogens (tertiary/aromatic N) is 1. The second-order valence-electron chi connectivity index (χ2n) is 6.62. The van der Waals surface area contributed by atoms with Gasteiger partial charge in [0.15, 0.2) is 0 Å². The van der Waals surface area contributed by atoms with Crippen molar-refractivity contribution in [1.29, 1.82) is 0 Å². The smallest absolute Gasteiger partial charge is 0.267 e. The summed E-state index contributed by atoms with van der Waals surface area (Å²) >= 11 is 0. The van der Waals surface area contributed by atoms with Gasteiger partial charge in [-0.25, -0.2) is 12.7 Å². The lowest BCUT2D eigenvalue weighted by Crippen LogP contribution is -2.45. The van der Waals surface area contributed by atoms with Crippen molar-refractivity contribution < 1.29 is 27.5 Å². The molecule has 1 fully saturated rings. The Balaban J connectivity index is 1.91. The number of anilines is 1. The number of hydrogen-bond donors (Lipinski definition) is 1. The van der Waals surface area contributed by atoms with Crippen LogP contribution in [0, 0.1) is 6.92 Å². The molecule has 2 aromatic carbocycles. The van der Waals surface area contributed by atoms with Crippen molar-refractivity contribution in [3.05, 3.63) is 48.0 Å². The van der Waals surface area contributed by atoms with Gasteiger partial charge in [-0.3, -0.25) is 9.59 Å². The number of benzene rings is 2. The van der Waals surface area contributed by atoms with Crippen LogP contribution in [0.1, 0.15) is 18.4 Å². The molecule has 1 aliphatic rings. The number of ether oxygens (including phenoxy) is 2. The normalized spacial score (nSPS) is 16.6. The van der Waals surface area contributed by atoms with E-state index < -0.39 is 27.9 Å². The van der Waals surface area contributed by atoms with E-state index >= 15 is 0 Å². The Bertz CT molecular complexity index is 1030. The van der Waals surface area contributed by atoms with Gasteiger partial charge in [-0.2, -0.15) is 0 Å². The molecule has 2 aromatic rings. The van der Waals surface area contributed by atoms with Gasteiger partial charge in [0.25, 0.3) is 10.0 Å². The zero-order valence-corrected chi connectivity index (χ0v) is 17.2. The molecule has 1 N–H and O–H groups in total. The summed E-state index contributed by atoms with van der Waals surface area (Å²) < 4.78 is 37.1. The van der Waals surface area contributed by atoms with E-state index in [1.54, 1.807) is 30.3 Å². The third-order valence-electron chi connectivity index (χ3n) is 4.71. The Hall–Kier alpha value is -3.07. The quantitative estimate of drug-likeness (QED) is 0.773. The highest BCUT2D eigenvalue weighted by molar-refractivity contribution is 7.89. The van der Waals surface area contributed by atoms with Gasteiger partial charge in [0.2, 0.25) is 11.8 Å². The van der Waals surface area contributed by atoms with Crippen molar-refractivity contribution in [2.24, 2.45) is 0 Å². The monoisotopic (exact) mass is 418 g/mol. The number of aryl methyl sites for hydroxylation is 1. The van der Waals surface area contributed by atoms with Crippen LogP contribution in [0.2, 0.25) is 0 Å². The van der Waals surface area contributed by atoms with Crippen molar-refractivity contribution in [3.63, 3.8) is 0 Å². The molecule has 2 amide bonds. The van der Waals surface area contributed by atoms with E-state index in [1.807, 2.05) is 6.92 Å². The van der Waals surface area contributed by atoms with Crippen LogP contribution in [-0.2, 0) is 19.6 Å². The second kappa shape index (κ2) is 8.12. The minimum Gasteiger partial charge on any atom is -0.497 e. The number of nitrogens with one attached hydrogen (secondary N) is 1. The zero-order chi connectivity index (χ0) is 21.2. The molecule has 154 valence electrons. The first-order chi connectivity index (χ1) is 13.8. The van der Waals surface area contributed by atoms with Gasteiger partial charge in [-0.15, -0.1) is 0 Å². The third kappa shape index (κ3) is 4.04. The molecule has 1 unspecified atom stereocenters. The lowest BCUT2D eigenvalue weighted by molar-refractivity contribution is -0.128. The molecule has 9 heteroatoms. The maximum atomic E-state index is 13.0. The van der Waals surface area contributed by atoms with Gasteiger partial charge in [-0.1, -0.05) is 17.7 Å². The molecule has 0 saturated carbocycles. The van der Waals surface area contributed by atoms with Crippen LogP contribution in [0.15, 0.2) is 47.4 Å². The largest absolute Gasteiger partial charge is 0.497 e.